The molecule has 0 saturated heterocycles. The van der Waals surface area contributed by atoms with Gasteiger partial charge in [0.2, 0.25) is 5.88 Å². The molecule has 0 bridgehead atoms. The van der Waals surface area contributed by atoms with E-state index in [0.717, 1.165) is 17.7 Å². The maximum atomic E-state index is 12.2. The van der Waals surface area contributed by atoms with E-state index >= 15 is 0 Å². The van der Waals surface area contributed by atoms with Crippen molar-refractivity contribution in [3.63, 3.8) is 0 Å². The molecular formula is C14H15N5O3S. The van der Waals surface area contributed by atoms with Gasteiger partial charge in [-0.2, -0.15) is 5.10 Å². The monoisotopic (exact) mass is 333 g/mol. The summed E-state index contributed by atoms with van der Waals surface area (Å²) in [5, 5.41) is 13.7. The van der Waals surface area contributed by atoms with E-state index in [4.69, 9.17) is 8.94 Å². The van der Waals surface area contributed by atoms with Crippen LogP contribution in [0, 0.1) is 6.92 Å². The molecule has 3 heterocycles. The van der Waals surface area contributed by atoms with Crippen LogP contribution in [0.15, 0.2) is 32.6 Å². The topological polar surface area (TPSA) is 110 Å². The van der Waals surface area contributed by atoms with Gasteiger partial charge in [0.25, 0.3) is 5.91 Å². The van der Waals surface area contributed by atoms with Crippen LogP contribution >= 0.6 is 11.8 Å². The Morgan fingerprint density at radius 3 is 3.04 bits per heavy atom. The number of carbonyl (C=O) groups excluding carboxylic acids is 1. The van der Waals surface area contributed by atoms with Crippen LogP contribution in [0.2, 0.25) is 0 Å². The van der Waals surface area contributed by atoms with E-state index in [-0.39, 0.29) is 11.7 Å². The largest absolute Gasteiger partial charge is 0.455 e. The zero-order valence-corrected chi connectivity index (χ0v) is 13.4. The minimum atomic E-state index is -0.369. The van der Waals surface area contributed by atoms with Crippen LogP contribution in [0.4, 0.5) is 5.88 Å². The quantitative estimate of drug-likeness (QED) is 0.667. The van der Waals surface area contributed by atoms with Crippen molar-refractivity contribution in [3.05, 3.63) is 41.2 Å². The number of amides is 1. The molecule has 0 aromatic carbocycles. The Morgan fingerprint density at radius 1 is 1.43 bits per heavy atom. The molecular weight excluding hydrogens is 318 g/mol. The lowest BCUT2D eigenvalue weighted by Crippen LogP contribution is -2.11. The minimum absolute atomic E-state index is 0.217. The third-order valence-electron chi connectivity index (χ3n) is 3.19. The summed E-state index contributed by atoms with van der Waals surface area (Å²) >= 11 is 1.44. The third kappa shape index (κ3) is 3.45. The van der Waals surface area contributed by atoms with E-state index in [2.05, 4.69) is 25.7 Å². The molecule has 3 aromatic heterocycles. The number of anilines is 1. The molecule has 120 valence electrons. The standard InChI is InChI=1S/C14H15N5O3S/c1-3-10-8(2)19-22-13(10)17-12(20)11-5-4-9(21-11)6-23-14-15-7-16-18-14/h4-5,7H,3,6H2,1-2H3,(H,17,20)(H,15,16,18). The average molecular weight is 333 g/mol. The summed E-state index contributed by atoms with van der Waals surface area (Å²) in [5.74, 6) is 1.43. The highest BCUT2D eigenvalue weighted by atomic mass is 32.2. The van der Waals surface area contributed by atoms with Crippen LogP contribution in [-0.4, -0.2) is 26.2 Å². The molecule has 2 N–H and O–H groups in total. The fourth-order valence-corrected chi connectivity index (χ4v) is 2.72. The zero-order valence-electron chi connectivity index (χ0n) is 12.6. The Labute approximate surface area is 136 Å². The normalized spacial score (nSPS) is 10.9. The van der Waals surface area contributed by atoms with Crippen LogP contribution in [0.1, 0.15) is 34.5 Å². The molecule has 1 amide bonds. The van der Waals surface area contributed by atoms with Crippen molar-refractivity contribution < 1.29 is 13.7 Å². The molecule has 0 unspecified atom stereocenters. The lowest BCUT2D eigenvalue weighted by molar-refractivity contribution is 0.0992. The molecule has 0 atom stereocenters. The van der Waals surface area contributed by atoms with Gasteiger partial charge < -0.3 is 8.94 Å². The van der Waals surface area contributed by atoms with E-state index < -0.39 is 0 Å². The van der Waals surface area contributed by atoms with E-state index in [1.54, 1.807) is 12.1 Å². The summed E-state index contributed by atoms with van der Waals surface area (Å²) < 4.78 is 10.7. The number of aryl methyl sites for hydroxylation is 1. The predicted octanol–water partition coefficient (Wildman–Crippen LogP) is 2.80. The second kappa shape index (κ2) is 6.69. The lowest BCUT2D eigenvalue weighted by Gasteiger charge is -2.01. The van der Waals surface area contributed by atoms with Crippen LogP contribution in [0.3, 0.4) is 0 Å². The number of aromatic nitrogens is 4. The first kappa shape index (κ1) is 15.3. The van der Waals surface area contributed by atoms with Gasteiger partial charge in [-0.3, -0.25) is 15.2 Å². The van der Waals surface area contributed by atoms with E-state index in [1.807, 2.05) is 13.8 Å². The van der Waals surface area contributed by atoms with Crippen LogP contribution in [0.25, 0.3) is 0 Å². The number of thioether (sulfide) groups is 1. The van der Waals surface area contributed by atoms with Crippen molar-refractivity contribution in [3.8, 4) is 0 Å². The maximum absolute atomic E-state index is 12.2. The Kier molecular flexibility index (Phi) is 4.47. The Morgan fingerprint density at radius 2 is 2.30 bits per heavy atom. The van der Waals surface area contributed by atoms with Crippen LogP contribution in [0.5, 0.6) is 0 Å². The highest BCUT2D eigenvalue weighted by Crippen LogP contribution is 2.23. The number of rotatable bonds is 6. The number of H-pyrrole nitrogens is 1. The molecule has 0 aliphatic heterocycles. The molecule has 8 nitrogen and oxygen atoms in total. The second-order valence-electron chi connectivity index (χ2n) is 4.73. The van der Waals surface area contributed by atoms with E-state index in [0.29, 0.717) is 22.6 Å². The Bertz CT molecular complexity index is 793. The highest BCUT2D eigenvalue weighted by Gasteiger charge is 2.17. The van der Waals surface area contributed by atoms with Gasteiger partial charge in [-0.25, -0.2) is 4.98 Å². The third-order valence-corrected chi connectivity index (χ3v) is 4.09. The van der Waals surface area contributed by atoms with Gasteiger partial charge in [0, 0.05) is 5.56 Å². The first-order chi connectivity index (χ1) is 11.2. The average Bonchev–Trinajstić information content (AvgIpc) is 3.26. The number of hydrogen-bond acceptors (Lipinski definition) is 7. The van der Waals surface area contributed by atoms with Crippen molar-refractivity contribution >= 4 is 23.6 Å². The van der Waals surface area contributed by atoms with Gasteiger partial charge in [0.05, 0.1) is 11.4 Å². The van der Waals surface area contributed by atoms with E-state index in [9.17, 15) is 4.79 Å². The maximum Gasteiger partial charge on any atom is 0.293 e. The van der Waals surface area contributed by atoms with Crippen molar-refractivity contribution in [1.82, 2.24) is 20.3 Å². The summed E-state index contributed by atoms with van der Waals surface area (Å²) in [6, 6.07) is 3.38. The van der Waals surface area contributed by atoms with Gasteiger partial charge in [0.1, 0.15) is 12.1 Å². The SMILES string of the molecule is CCc1c(C)noc1NC(=O)c1ccc(CSc2ncn[nH]2)o1. The zero-order chi connectivity index (χ0) is 16.2. The van der Waals surface area contributed by atoms with Gasteiger partial charge in [0.15, 0.2) is 10.9 Å². The Balaban J connectivity index is 1.64. The molecule has 0 fully saturated rings. The number of hydrogen-bond donors (Lipinski definition) is 2. The molecule has 9 heteroatoms. The number of nitrogens with zero attached hydrogens (tertiary/aromatic N) is 3. The summed E-state index contributed by atoms with van der Waals surface area (Å²) in [4.78, 5) is 16.2. The van der Waals surface area contributed by atoms with Crippen molar-refractivity contribution in [1.29, 1.82) is 0 Å². The number of nitrogens with one attached hydrogen (secondary N) is 2. The number of carbonyl (C=O) groups is 1. The molecule has 0 saturated carbocycles. The summed E-state index contributed by atoms with van der Waals surface area (Å²) in [6.07, 6.45) is 2.16. The van der Waals surface area contributed by atoms with Crippen molar-refractivity contribution in [2.24, 2.45) is 0 Å². The molecule has 23 heavy (non-hydrogen) atoms. The number of furan rings is 1. The fourth-order valence-electron chi connectivity index (χ4n) is 2.05. The lowest BCUT2D eigenvalue weighted by atomic mass is 10.2. The first-order valence-corrected chi connectivity index (χ1v) is 7.99. The van der Waals surface area contributed by atoms with Crippen molar-refractivity contribution in [2.75, 3.05) is 5.32 Å². The molecule has 0 aliphatic rings. The smallest absolute Gasteiger partial charge is 0.293 e. The molecule has 3 rings (SSSR count). The first-order valence-electron chi connectivity index (χ1n) is 7.00. The predicted molar refractivity (Wildman–Crippen MR) is 83.2 cm³/mol. The molecule has 3 aromatic rings. The Hall–Kier alpha value is -2.55. The van der Waals surface area contributed by atoms with Gasteiger partial charge in [-0.15, -0.1) is 0 Å². The number of aromatic amines is 1. The van der Waals surface area contributed by atoms with Gasteiger partial charge >= 0.3 is 0 Å². The molecule has 0 radical (unpaired) electrons. The van der Waals surface area contributed by atoms with Crippen LogP contribution in [-0.2, 0) is 12.2 Å². The summed E-state index contributed by atoms with van der Waals surface area (Å²) in [5.41, 5.74) is 1.65. The highest BCUT2D eigenvalue weighted by molar-refractivity contribution is 7.98. The summed E-state index contributed by atoms with van der Waals surface area (Å²) in [6.45, 7) is 3.81. The van der Waals surface area contributed by atoms with E-state index in [1.165, 1.54) is 18.1 Å². The van der Waals surface area contributed by atoms with Gasteiger partial charge in [-0.1, -0.05) is 23.8 Å². The molecule has 0 aliphatic carbocycles. The second-order valence-corrected chi connectivity index (χ2v) is 5.69. The minimum Gasteiger partial charge on any atom is -0.455 e. The summed E-state index contributed by atoms with van der Waals surface area (Å²) in [7, 11) is 0. The van der Waals surface area contributed by atoms with Crippen LogP contribution < -0.4 is 5.32 Å². The van der Waals surface area contributed by atoms with Crippen molar-refractivity contribution in [2.45, 2.75) is 31.2 Å². The molecule has 0 spiro atoms. The van der Waals surface area contributed by atoms with Gasteiger partial charge in [-0.05, 0) is 25.5 Å². The fraction of sp³-hybridized carbons (Fsp3) is 0.286.